The number of amides is 1. The molecule has 1 fully saturated rings. The van der Waals surface area contributed by atoms with E-state index < -0.39 is 5.82 Å². The van der Waals surface area contributed by atoms with Gasteiger partial charge in [0.25, 0.3) is 0 Å². The molecule has 4 rings (SSSR count). The monoisotopic (exact) mass is 417 g/mol. The van der Waals surface area contributed by atoms with Crippen molar-refractivity contribution in [2.75, 3.05) is 25.7 Å². The molecule has 0 radical (unpaired) electrons. The van der Waals surface area contributed by atoms with Gasteiger partial charge in [-0.1, -0.05) is 16.8 Å². The van der Waals surface area contributed by atoms with Crippen molar-refractivity contribution in [1.82, 2.24) is 10.1 Å². The van der Waals surface area contributed by atoms with Crippen molar-refractivity contribution in [1.29, 1.82) is 0 Å². The van der Waals surface area contributed by atoms with Crippen LogP contribution in [0.15, 0.2) is 40.9 Å². The number of carbonyl (C=O) groups excluding carboxylic acids is 1. The molecule has 0 aliphatic carbocycles. The summed E-state index contributed by atoms with van der Waals surface area (Å²) in [6, 6.07) is 9.53. The predicted molar refractivity (Wildman–Crippen MR) is 104 cm³/mol. The van der Waals surface area contributed by atoms with Gasteiger partial charge >= 0.3 is 0 Å². The maximum Gasteiger partial charge on any atom is 0.232 e. The molecule has 150 valence electrons. The van der Waals surface area contributed by atoms with Gasteiger partial charge in [0.05, 0.1) is 30.8 Å². The number of ether oxygens (including phenoxy) is 2. The standard InChI is InChI=1S/C20H17ClFN3O4/c1-27-13-4-6-16(17(9-13)28-2)25-10-12(8-18(25)26)20-23-19(24-29-20)11-3-5-14(21)15(22)7-11/h3-7,9,12H,8,10H2,1-2H3. The minimum absolute atomic E-state index is 0.0166. The second-order valence-electron chi connectivity index (χ2n) is 6.53. The van der Waals surface area contributed by atoms with Gasteiger partial charge in [0.2, 0.25) is 17.6 Å². The van der Waals surface area contributed by atoms with Crippen LogP contribution in [-0.2, 0) is 4.79 Å². The Morgan fingerprint density at radius 2 is 2.03 bits per heavy atom. The van der Waals surface area contributed by atoms with Gasteiger partial charge in [-0.2, -0.15) is 4.98 Å². The smallest absolute Gasteiger partial charge is 0.232 e. The third-order valence-electron chi connectivity index (χ3n) is 4.77. The van der Waals surface area contributed by atoms with Crippen LogP contribution in [0.3, 0.4) is 0 Å². The number of hydrogen-bond acceptors (Lipinski definition) is 6. The second-order valence-corrected chi connectivity index (χ2v) is 6.94. The first-order valence-electron chi connectivity index (χ1n) is 8.81. The van der Waals surface area contributed by atoms with Crippen LogP contribution < -0.4 is 14.4 Å². The summed E-state index contributed by atoms with van der Waals surface area (Å²) >= 11 is 5.71. The Labute approximate surface area is 171 Å². The number of methoxy groups -OCH3 is 2. The number of halogens is 2. The molecule has 0 N–H and O–H groups in total. The highest BCUT2D eigenvalue weighted by Gasteiger charge is 2.36. The Kier molecular flexibility index (Phi) is 5.10. The quantitative estimate of drug-likeness (QED) is 0.622. The molecule has 1 aromatic heterocycles. The average molecular weight is 418 g/mol. The molecule has 29 heavy (non-hydrogen) atoms. The molecule has 1 amide bonds. The average Bonchev–Trinajstić information content (AvgIpc) is 3.36. The lowest BCUT2D eigenvalue weighted by Gasteiger charge is -2.19. The number of anilines is 1. The molecule has 0 saturated carbocycles. The summed E-state index contributed by atoms with van der Waals surface area (Å²) in [5.41, 5.74) is 1.08. The molecule has 0 bridgehead atoms. The molecule has 9 heteroatoms. The van der Waals surface area contributed by atoms with Gasteiger partial charge in [-0.15, -0.1) is 0 Å². The molecular weight excluding hydrogens is 401 g/mol. The van der Waals surface area contributed by atoms with Crippen LogP contribution in [-0.4, -0.2) is 36.8 Å². The van der Waals surface area contributed by atoms with Crippen molar-refractivity contribution in [2.24, 2.45) is 0 Å². The molecule has 1 aliphatic rings. The van der Waals surface area contributed by atoms with Crippen LogP contribution in [0.5, 0.6) is 11.5 Å². The molecule has 1 saturated heterocycles. The third kappa shape index (κ3) is 3.63. The number of aromatic nitrogens is 2. The van der Waals surface area contributed by atoms with Crippen LogP contribution in [0.25, 0.3) is 11.4 Å². The summed E-state index contributed by atoms with van der Waals surface area (Å²) in [6.45, 7) is 0.359. The zero-order valence-corrected chi connectivity index (χ0v) is 16.4. The number of rotatable bonds is 5. The van der Waals surface area contributed by atoms with E-state index in [0.29, 0.717) is 35.2 Å². The van der Waals surface area contributed by atoms with E-state index in [1.54, 1.807) is 36.3 Å². The summed E-state index contributed by atoms with van der Waals surface area (Å²) in [5.74, 6) is 0.779. The van der Waals surface area contributed by atoms with Gasteiger partial charge in [0, 0.05) is 24.6 Å². The lowest BCUT2D eigenvalue weighted by molar-refractivity contribution is -0.117. The zero-order valence-electron chi connectivity index (χ0n) is 15.7. The van der Waals surface area contributed by atoms with Crippen molar-refractivity contribution >= 4 is 23.2 Å². The van der Waals surface area contributed by atoms with Gasteiger partial charge < -0.3 is 18.9 Å². The molecule has 7 nitrogen and oxygen atoms in total. The predicted octanol–water partition coefficient (Wildman–Crippen LogP) is 4.07. The second kappa shape index (κ2) is 7.71. The molecule has 1 unspecified atom stereocenters. The van der Waals surface area contributed by atoms with Crippen LogP contribution in [0.1, 0.15) is 18.2 Å². The molecule has 1 atom stereocenters. The van der Waals surface area contributed by atoms with E-state index in [9.17, 15) is 9.18 Å². The molecule has 2 heterocycles. The molecule has 1 aliphatic heterocycles. The highest BCUT2D eigenvalue weighted by atomic mass is 35.5. The number of hydrogen-bond donors (Lipinski definition) is 0. The van der Waals surface area contributed by atoms with Crippen molar-refractivity contribution in [3.63, 3.8) is 0 Å². The van der Waals surface area contributed by atoms with Gasteiger partial charge in [-0.05, 0) is 30.3 Å². The fourth-order valence-corrected chi connectivity index (χ4v) is 3.38. The van der Waals surface area contributed by atoms with Crippen LogP contribution in [0.2, 0.25) is 5.02 Å². The third-order valence-corrected chi connectivity index (χ3v) is 5.08. The largest absolute Gasteiger partial charge is 0.497 e. The maximum absolute atomic E-state index is 13.7. The number of carbonyl (C=O) groups is 1. The Bertz CT molecular complexity index is 1070. The molecule has 2 aromatic carbocycles. The SMILES string of the molecule is COc1ccc(N2CC(c3nc(-c4ccc(Cl)c(F)c4)no3)CC2=O)c(OC)c1. The highest BCUT2D eigenvalue weighted by molar-refractivity contribution is 6.30. The highest BCUT2D eigenvalue weighted by Crippen LogP contribution is 2.38. The summed E-state index contributed by atoms with van der Waals surface area (Å²) in [4.78, 5) is 18.6. The first-order chi connectivity index (χ1) is 14.0. The Balaban J connectivity index is 1.57. The first kappa shape index (κ1) is 19.2. The van der Waals surface area contributed by atoms with E-state index in [-0.39, 0.29) is 29.1 Å². The Hall–Kier alpha value is -3.13. The lowest BCUT2D eigenvalue weighted by Crippen LogP contribution is -2.24. The van der Waals surface area contributed by atoms with E-state index in [0.717, 1.165) is 0 Å². The minimum Gasteiger partial charge on any atom is -0.497 e. The van der Waals surface area contributed by atoms with Crippen molar-refractivity contribution in [3.05, 3.63) is 53.1 Å². The molecule has 0 spiro atoms. The Morgan fingerprint density at radius 3 is 2.76 bits per heavy atom. The van der Waals surface area contributed by atoms with Crippen molar-refractivity contribution < 1.29 is 23.2 Å². The number of benzene rings is 2. The van der Waals surface area contributed by atoms with Crippen molar-refractivity contribution in [2.45, 2.75) is 12.3 Å². The summed E-state index contributed by atoms with van der Waals surface area (Å²) in [6.07, 6.45) is 0.214. The van der Waals surface area contributed by atoms with E-state index >= 15 is 0 Å². The zero-order chi connectivity index (χ0) is 20.5. The summed E-state index contributed by atoms with van der Waals surface area (Å²) < 4.78 is 29.7. The lowest BCUT2D eigenvalue weighted by atomic mass is 10.1. The summed E-state index contributed by atoms with van der Waals surface area (Å²) in [5, 5.41) is 3.93. The van der Waals surface area contributed by atoms with E-state index in [1.807, 2.05) is 0 Å². The van der Waals surface area contributed by atoms with Crippen LogP contribution in [0, 0.1) is 5.82 Å². The van der Waals surface area contributed by atoms with Crippen LogP contribution in [0.4, 0.5) is 10.1 Å². The first-order valence-corrected chi connectivity index (χ1v) is 9.19. The molecule has 3 aromatic rings. The van der Waals surface area contributed by atoms with Crippen LogP contribution >= 0.6 is 11.6 Å². The topological polar surface area (TPSA) is 77.7 Å². The van der Waals surface area contributed by atoms with E-state index in [2.05, 4.69) is 10.1 Å². The normalized spacial score (nSPS) is 16.3. The van der Waals surface area contributed by atoms with Crippen molar-refractivity contribution in [3.8, 4) is 22.9 Å². The molecular formula is C20H17ClFN3O4. The van der Waals surface area contributed by atoms with Gasteiger partial charge in [0.15, 0.2) is 0 Å². The minimum atomic E-state index is -0.565. The van der Waals surface area contributed by atoms with Gasteiger partial charge in [0.1, 0.15) is 17.3 Å². The fraction of sp³-hybridized carbons (Fsp3) is 0.250. The fourth-order valence-electron chi connectivity index (χ4n) is 3.27. The number of nitrogens with zero attached hydrogens (tertiary/aromatic N) is 3. The Morgan fingerprint density at radius 1 is 1.21 bits per heavy atom. The van der Waals surface area contributed by atoms with Gasteiger partial charge in [-0.3, -0.25) is 4.79 Å². The van der Waals surface area contributed by atoms with E-state index in [1.165, 1.54) is 19.2 Å². The summed E-state index contributed by atoms with van der Waals surface area (Å²) in [7, 11) is 3.09. The maximum atomic E-state index is 13.7. The van der Waals surface area contributed by atoms with E-state index in [4.69, 9.17) is 25.6 Å². The van der Waals surface area contributed by atoms with Gasteiger partial charge in [-0.25, -0.2) is 4.39 Å².